The first kappa shape index (κ1) is 24.4. The molecule has 10 nitrogen and oxygen atoms in total. The number of rotatable bonds is 7. The van der Waals surface area contributed by atoms with Crippen LogP contribution >= 0.6 is 11.8 Å². The SMILES string of the molecule is O=C1NC(=O)/C(=C/c2ccnc(N3CCC(CNCc4cccnc4-c4ccc5c(c4)OCO5)CC3)n2)S1. The molecule has 2 saturated heterocycles. The predicted octanol–water partition coefficient (Wildman–Crippen LogP) is 3.60. The van der Waals surface area contributed by atoms with Crippen LogP contribution in [0.15, 0.2) is 53.7 Å². The molecule has 0 spiro atoms. The average molecular weight is 531 g/mol. The number of anilines is 1. The van der Waals surface area contributed by atoms with Crippen molar-refractivity contribution in [2.45, 2.75) is 19.4 Å². The van der Waals surface area contributed by atoms with E-state index in [1.165, 1.54) is 0 Å². The molecule has 38 heavy (non-hydrogen) atoms. The van der Waals surface area contributed by atoms with Crippen LogP contribution in [0.4, 0.5) is 10.7 Å². The summed E-state index contributed by atoms with van der Waals surface area (Å²) >= 11 is 0.886. The highest BCUT2D eigenvalue weighted by Gasteiger charge is 2.26. The summed E-state index contributed by atoms with van der Waals surface area (Å²) in [4.78, 5) is 39.4. The van der Waals surface area contributed by atoms with E-state index < -0.39 is 0 Å². The molecule has 0 saturated carbocycles. The number of aromatic nitrogens is 3. The molecule has 2 amide bonds. The quantitative estimate of drug-likeness (QED) is 0.439. The van der Waals surface area contributed by atoms with Crippen molar-refractivity contribution in [1.29, 1.82) is 0 Å². The number of hydrogen-bond acceptors (Lipinski definition) is 10. The lowest BCUT2D eigenvalue weighted by atomic mass is 9.96. The summed E-state index contributed by atoms with van der Waals surface area (Å²) < 4.78 is 11.0. The third-order valence-corrected chi connectivity index (χ3v) is 7.58. The van der Waals surface area contributed by atoms with Crippen LogP contribution < -0.4 is 25.0 Å². The molecule has 3 aliphatic rings. The monoisotopic (exact) mass is 530 g/mol. The van der Waals surface area contributed by atoms with Crippen molar-refractivity contribution in [1.82, 2.24) is 25.6 Å². The fraction of sp³-hybridized carbons (Fsp3) is 0.296. The Morgan fingerprint density at radius 2 is 1.95 bits per heavy atom. The zero-order chi connectivity index (χ0) is 25.9. The van der Waals surface area contributed by atoms with Gasteiger partial charge in [0.15, 0.2) is 11.5 Å². The summed E-state index contributed by atoms with van der Waals surface area (Å²) in [6.45, 7) is 3.61. The fourth-order valence-electron chi connectivity index (χ4n) is 4.78. The molecule has 0 radical (unpaired) electrons. The molecule has 11 heteroatoms. The number of piperidine rings is 1. The number of ether oxygens (including phenoxy) is 2. The molecule has 3 aromatic rings. The minimum atomic E-state index is -0.386. The maximum absolute atomic E-state index is 11.8. The molecule has 0 bridgehead atoms. The fourth-order valence-corrected chi connectivity index (χ4v) is 5.45. The van der Waals surface area contributed by atoms with E-state index in [1.54, 1.807) is 18.3 Å². The van der Waals surface area contributed by atoms with Crippen molar-refractivity contribution in [3.63, 3.8) is 0 Å². The van der Waals surface area contributed by atoms with Gasteiger partial charge in [0.25, 0.3) is 11.1 Å². The van der Waals surface area contributed by atoms with Crippen LogP contribution in [-0.2, 0) is 11.3 Å². The Labute approximate surface area is 223 Å². The van der Waals surface area contributed by atoms with E-state index in [9.17, 15) is 9.59 Å². The number of pyridine rings is 1. The van der Waals surface area contributed by atoms with Crippen molar-refractivity contribution in [2.24, 2.45) is 5.92 Å². The molecule has 3 aliphatic heterocycles. The highest BCUT2D eigenvalue weighted by Crippen LogP contribution is 2.36. The second-order valence-electron chi connectivity index (χ2n) is 9.27. The largest absolute Gasteiger partial charge is 0.454 e. The number of nitrogens with one attached hydrogen (secondary N) is 2. The summed E-state index contributed by atoms with van der Waals surface area (Å²) in [6, 6.07) is 11.7. The Morgan fingerprint density at radius 3 is 2.79 bits per heavy atom. The van der Waals surface area contributed by atoms with Crippen LogP contribution in [0.3, 0.4) is 0 Å². The second kappa shape index (κ2) is 10.8. The van der Waals surface area contributed by atoms with Gasteiger partial charge in [0.1, 0.15) is 0 Å². The zero-order valence-corrected chi connectivity index (χ0v) is 21.4. The Morgan fingerprint density at radius 1 is 1.08 bits per heavy atom. The van der Waals surface area contributed by atoms with Crippen LogP contribution in [0.5, 0.6) is 11.5 Å². The number of carbonyl (C=O) groups excluding carboxylic acids is 2. The van der Waals surface area contributed by atoms with Gasteiger partial charge in [0, 0.05) is 37.6 Å². The van der Waals surface area contributed by atoms with Gasteiger partial charge in [-0.3, -0.25) is 19.9 Å². The van der Waals surface area contributed by atoms with Gasteiger partial charge in [-0.05, 0) is 79.0 Å². The van der Waals surface area contributed by atoms with Crippen LogP contribution in [0.1, 0.15) is 24.1 Å². The molecular formula is C27H26N6O4S. The Kier molecular flexibility index (Phi) is 6.93. The molecular weight excluding hydrogens is 504 g/mol. The molecule has 2 aromatic heterocycles. The highest BCUT2D eigenvalue weighted by atomic mass is 32.2. The predicted molar refractivity (Wildman–Crippen MR) is 144 cm³/mol. The van der Waals surface area contributed by atoms with Crippen LogP contribution in [0.25, 0.3) is 17.3 Å². The van der Waals surface area contributed by atoms with Crippen molar-refractivity contribution >= 4 is 34.9 Å². The standard InChI is InChI=1S/C27H26N6O4S/c34-25-23(38-27(35)32-25)13-20-5-9-30-26(31-20)33-10-6-17(7-11-33)14-28-15-19-2-1-8-29-24(19)18-3-4-21-22(12-18)37-16-36-21/h1-5,8-9,12-13,17,28H,6-7,10-11,14-16H2,(H,32,34,35)/b23-13-. The van der Waals surface area contributed by atoms with Gasteiger partial charge >= 0.3 is 0 Å². The first-order valence-electron chi connectivity index (χ1n) is 12.5. The third-order valence-electron chi connectivity index (χ3n) is 6.77. The van der Waals surface area contributed by atoms with Gasteiger partial charge in [-0.1, -0.05) is 6.07 Å². The van der Waals surface area contributed by atoms with E-state index in [0.717, 1.165) is 79.1 Å². The van der Waals surface area contributed by atoms with Crippen molar-refractivity contribution in [3.8, 4) is 22.8 Å². The summed E-state index contributed by atoms with van der Waals surface area (Å²) in [6.07, 6.45) is 7.18. The molecule has 1 aromatic carbocycles. The number of imide groups is 1. The normalized spacial score (nSPS) is 18.3. The first-order valence-corrected chi connectivity index (χ1v) is 13.3. The van der Waals surface area contributed by atoms with Crippen LogP contribution in [0, 0.1) is 5.92 Å². The minimum Gasteiger partial charge on any atom is -0.454 e. The molecule has 2 fully saturated rings. The number of thioether (sulfide) groups is 1. The van der Waals surface area contributed by atoms with Crippen LogP contribution in [0.2, 0.25) is 0 Å². The lowest BCUT2D eigenvalue weighted by Crippen LogP contribution is -2.38. The lowest BCUT2D eigenvalue weighted by molar-refractivity contribution is -0.115. The Balaban J connectivity index is 1.03. The number of nitrogens with zero attached hydrogens (tertiary/aromatic N) is 4. The van der Waals surface area contributed by atoms with Gasteiger partial charge in [-0.15, -0.1) is 0 Å². The van der Waals surface area contributed by atoms with E-state index in [4.69, 9.17) is 9.47 Å². The lowest BCUT2D eigenvalue weighted by Gasteiger charge is -2.32. The van der Waals surface area contributed by atoms with Crippen molar-refractivity contribution in [2.75, 3.05) is 31.3 Å². The minimum absolute atomic E-state index is 0.254. The first-order chi connectivity index (χ1) is 18.6. The second-order valence-corrected chi connectivity index (χ2v) is 10.3. The number of fused-ring (bicyclic) bond motifs is 1. The summed E-state index contributed by atoms with van der Waals surface area (Å²) in [7, 11) is 0. The van der Waals surface area contributed by atoms with E-state index in [-0.39, 0.29) is 17.9 Å². The van der Waals surface area contributed by atoms with E-state index in [0.29, 0.717) is 22.5 Å². The maximum Gasteiger partial charge on any atom is 0.290 e. The topological polar surface area (TPSA) is 119 Å². The van der Waals surface area contributed by atoms with Crippen molar-refractivity contribution < 1.29 is 19.1 Å². The van der Waals surface area contributed by atoms with Crippen LogP contribution in [-0.4, -0.2) is 52.5 Å². The van der Waals surface area contributed by atoms with E-state index >= 15 is 0 Å². The number of hydrogen-bond donors (Lipinski definition) is 2. The van der Waals surface area contributed by atoms with E-state index in [2.05, 4.69) is 36.6 Å². The van der Waals surface area contributed by atoms with Gasteiger partial charge in [-0.2, -0.15) is 0 Å². The van der Waals surface area contributed by atoms with E-state index in [1.807, 2.05) is 30.5 Å². The molecule has 0 atom stereocenters. The number of carbonyl (C=O) groups is 2. The molecule has 6 rings (SSSR count). The number of benzene rings is 1. The third kappa shape index (κ3) is 5.34. The van der Waals surface area contributed by atoms with Gasteiger partial charge < -0.3 is 19.7 Å². The molecule has 0 aliphatic carbocycles. The summed E-state index contributed by atoms with van der Waals surface area (Å²) in [5, 5.41) is 5.52. The molecule has 194 valence electrons. The Bertz CT molecular complexity index is 1410. The average Bonchev–Trinajstić information content (AvgIpc) is 3.54. The summed E-state index contributed by atoms with van der Waals surface area (Å²) in [5.41, 5.74) is 3.70. The maximum atomic E-state index is 11.8. The molecule has 5 heterocycles. The molecule has 0 unspecified atom stereocenters. The number of amides is 2. The Hall–Kier alpha value is -3.96. The van der Waals surface area contributed by atoms with Gasteiger partial charge in [-0.25, -0.2) is 9.97 Å². The van der Waals surface area contributed by atoms with Gasteiger partial charge in [0.05, 0.1) is 16.3 Å². The highest BCUT2D eigenvalue weighted by molar-refractivity contribution is 8.18. The zero-order valence-electron chi connectivity index (χ0n) is 20.6. The smallest absolute Gasteiger partial charge is 0.290 e. The molecule has 2 N–H and O–H groups in total. The summed E-state index contributed by atoms with van der Waals surface area (Å²) in [5.74, 6) is 2.32. The van der Waals surface area contributed by atoms with Crippen molar-refractivity contribution in [3.05, 3.63) is 65.0 Å². The van der Waals surface area contributed by atoms with Gasteiger partial charge in [0.2, 0.25) is 12.7 Å².